The molecule has 2 rings (SSSR count). The molecule has 1 atom stereocenters. The number of aliphatic hydroxyl groups is 1. The summed E-state index contributed by atoms with van der Waals surface area (Å²) in [6.07, 6.45) is -0.638. The van der Waals surface area contributed by atoms with Gasteiger partial charge in [0.2, 0.25) is 0 Å². The first-order valence-corrected chi connectivity index (χ1v) is 9.21. The van der Waals surface area contributed by atoms with Gasteiger partial charge in [-0.2, -0.15) is 8.42 Å². The first-order chi connectivity index (χ1) is 11.4. The standard InChI is InChI=1S/C17H23N3O3S/c1-13(2)18-12-17(21)14-8-10-16(11-9-14)20-24(22,23)19-15-6-4-3-5-7-15/h3-11,13,17-21H,12H2,1-2H3. The topological polar surface area (TPSA) is 90.5 Å². The highest BCUT2D eigenvalue weighted by molar-refractivity contribution is 7.94. The summed E-state index contributed by atoms with van der Waals surface area (Å²) in [6.45, 7) is 4.45. The lowest BCUT2D eigenvalue weighted by Crippen LogP contribution is -2.27. The smallest absolute Gasteiger partial charge is 0.321 e. The molecule has 0 aromatic heterocycles. The quantitative estimate of drug-likeness (QED) is 0.589. The number of rotatable bonds is 8. The molecule has 0 heterocycles. The molecule has 7 heteroatoms. The Kier molecular flexibility index (Phi) is 6.19. The van der Waals surface area contributed by atoms with Crippen LogP contribution in [0, 0.1) is 0 Å². The summed E-state index contributed by atoms with van der Waals surface area (Å²) in [5.41, 5.74) is 1.63. The van der Waals surface area contributed by atoms with Crippen molar-refractivity contribution >= 4 is 21.6 Å². The number of benzene rings is 2. The van der Waals surface area contributed by atoms with Crippen LogP contribution in [0.2, 0.25) is 0 Å². The van der Waals surface area contributed by atoms with Gasteiger partial charge in [0.25, 0.3) is 0 Å². The predicted octanol–water partition coefficient (Wildman–Crippen LogP) is 2.49. The lowest BCUT2D eigenvalue weighted by Gasteiger charge is -2.15. The van der Waals surface area contributed by atoms with E-state index in [0.717, 1.165) is 5.56 Å². The Bertz CT molecular complexity index is 731. The van der Waals surface area contributed by atoms with Crippen molar-refractivity contribution in [2.24, 2.45) is 0 Å². The third-order valence-electron chi connectivity index (χ3n) is 3.29. The maximum atomic E-state index is 12.1. The lowest BCUT2D eigenvalue weighted by molar-refractivity contribution is 0.171. The molecule has 0 aliphatic heterocycles. The Morgan fingerprint density at radius 3 is 2.00 bits per heavy atom. The van der Waals surface area contributed by atoms with Gasteiger partial charge in [0.1, 0.15) is 0 Å². The van der Waals surface area contributed by atoms with Crippen molar-refractivity contribution in [3.63, 3.8) is 0 Å². The van der Waals surface area contributed by atoms with Crippen molar-refractivity contribution in [1.82, 2.24) is 5.32 Å². The van der Waals surface area contributed by atoms with Gasteiger partial charge in [-0.25, -0.2) is 0 Å². The van der Waals surface area contributed by atoms with E-state index < -0.39 is 16.3 Å². The summed E-state index contributed by atoms with van der Waals surface area (Å²) < 4.78 is 29.1. The summed E-state index contributed by atoms with van der Waals surface area (Å²) >= 11 is 0. The zero-order chi connectivity index (χ0) is 17.6. The second-order valence-corrected chi connectivity index (χ2v) is 7.19. The van der Waals surface area contributed by atoms with Crippen LogP contribution in [0.5, 0.6) is 0 Å². The number of para-hydroxylation sites is 1. The van der Waals surface area contributed by atoms with E-state index in [1.807, 2.05) is 19.9 Å². The SMILES string of the molecule is CC(C)NCC(O)c1ccc(NS(=O)(=O)Nc2ccccc2)cc1. The molecule has 0 radical (unpaired) electrons. The van der Waals surface area contributed by atoms with Gasteiger partial charge in [0.15, 0.2) is 0 Å². The van der Waals surface area contributed by atoms with Crippen LogP contribution in [0.15, 0.2) is 54.6 Å². The van der Waals surface area contributed by atoms with E-state index in [9.17, 15) is 13.5 Å². The van der Waals surface area contributed by atoms with Crippen molar-refractivity contribution in [2.45, 2.75) is 26.0 Å². The van der Waals surface area contributed by atoms with E-state index >= 15 is 0 Å². The fourth-order valence-corrected chi connectivity index (χ4v) is 3.02. The Morgan fingerprint density at radius 2 is 1.46 bits per heavy atom. The molecule has 0 amide bonds. The number of nitrogens with one attached hydrogen (secondary N) is 3. The number of aliphatic hydroxyl groups excluding tert-OH is 1. The molecule has 0 spiro atoms. The van der Waals surface area contributed by atoms with Gasteiger partial charge in [0.05, 0.1) is 17.5 Å². The van der Waals surface area contributed by atoms with Crippen molar-refractivity contribution in [3.8, 4) is 0 Å². The first-order valence-electron chi connectivity index (χ1n) is 7.73. The molecule has 6 nitrogen and oxygen atoms in total. The summed E-state index contributed by atoms with van der Waals surface area (Å²) in [6, 6.07) is 15.6. The molecule has 2 aromatic carbocycles. The average Bonchev–Trinajstić information content (AvgIpc) is 2.53. The van der Waals surface area contributed by atoms with Crippen LogP contribution < -0.4 is 14.8 Å². The zero-order valence-electron chi connectivity index (χ0n) is 13.7. The van der Waals surface area contributed by atoms with E-state index in [0.29, 0.717) is 17.9 Å². The van der Waals surface area contributed by atoms with Crippen molar-refractivity contribution in [1.29, 1.82) is 0 Å². The number of hydrogen-bond donors (Lipinski definition) is 4. The molecular weight excluding hydrogens is 326 g/mol. The van der Waals surface area contributed by atoms with E-state index in [1.165, 1.54) is 0 Å². The highest BCUT2D eigenvalue weighted by Crippen LogP contribution is 2.17. The molecule has 0 saturated carbocycles. The second-order valence-electron chi connectivity index (χ2n) is 5.77. The minimum Gasteiger partial charge on any atom is -0.387 e. The molecule has 130 valence electrons. The Balaban J connectivity index is 1.98. The fraction of sp³-hybridized carbons (Fsp3) is 0.294. The van der Waals surface area contributed by atoms with Gasteiger partial charge in [0, 0.05) is 12.6 Å². The Morgan fingerprint density at radius 1 is 0.917 bits per heavy atom. The molecule has 0 saturated heterocycles. The maximum Gasteiger partial charge on any atom is 0.321 e. The van der Waals surface area contributed by atoms with Crippen molar-refractivity contribution in [2.75, 3.05) is 16.0 Å². The molecule has 2 aromatic rings. The molecule has 0 fully saturated rings. The number of hydrogen-bond acceptors (Lipinski definition) is 4. The third kappa shape index (κ3) is 5.84. The number of anilines is 2. The van der Waals surface area contributed by atoms with Crippen molar-refractivity contribution < 1.29 is 13.5 Å². The highest BCUT2D eigenvalue weighted by Gasteiger charge is 2.11. The van der Waals surface area contributed by atoms with Gasteiger partial charge >= 0.3 is 10.2 Å². The monoisotopic (exact) mass is 349 g/mol. The van der Waals surface area contributed by atoms with Gasteiger partial charge in [-0.05, 0) is 29.8 Å². The van der Waals surface area contributed by atoms with E-state index in [2.05, 4.69) is 14.8 Å². The zero-order valence-corrected chi connectivity index (χ0v) is 14.5. The molecule has 1 unspecified atom stereocenters. The van der Waals surface area contributed by atoms with Gasteiger partial charge in [-0.15, -0.1) is 0 Å². The van der Waals surface area contributed by atoms with Crippen LogP contribution in [-0.2, 0) is 10.2 Å². The molecular formula is C17H23N3O3S. The van der Waals surface area contributed by atoms with Crippen LogP contribution >= 0.6 is 0 Å². The molecule has 4 N–H and O–H groups in total. The lowest BCUT2D eigenvalue weighted by atomic mass is 10.1. The molecule has 0 aliphatic rings. The van der Waals surface area contributed by atoms with Crippen LogP contribution in [0.1, 0.15) is 25.5 Å². The summed E-state index contributed by atoms with van der Waals surface area (Å²) in [5, 5.41) is 13.2. The third-order valence-corrected chi connectivity index (χ3v) is 4.30. The van der Waals surface area contributed by atoms with Crippen molar-refractivity contribution in [3.05, 3.63) is 60.2 Å². The second kappa shape index (κ2) is 8.14. The maximum absolute atomic E-state index is 12.1. The largest absolute Gasteiger partial charge is 0.387 e. The van der Waals surface area contributed by atoms with Gasteiger partial charge < -0.3 is 10.4 Å². The first kappa shape index (κ1) is 18.3. The predicted molar refractivity (Wildman–Crippen MR) is 97.1 cm³/mol. The molecule has 0 bridgehead atoms. The Labute approximate surface area is 143 Å². The van der Waals surface area contributed by atoms with E-state index in [4.69, 9.17) is 0 Å². The fourth-order valence-electron chi connectivity index (χ4n) is 2.08. The highest BCUT2D eigenvalue weighted by atomic mass is 32.2. The Hall–Kier alpha value is -2.09. The van der Waals surface area contributed by atoms with Gasteiger partial charge in [-0.3, -0.25) is 9.44 Å². The van der Waals surface area contributed by atoms with Crippen LogP contribution in [0.25, 0.3) is 0 Å². The normalized spacial score (nSPS) is 12.8. The minimum absolute atomic E-state index is 0.287. The van der Waals surface area contributed by atoms with Crippen LogP contribution in [0.4, 0.5) is 11.4 Å². The van der Waals surface area contributed by atoms with Crippen LogP contribution in [0.3, 0.4) is 0 Å². The van der Waals surface area contributed by atoms with E-state index in [-0.39, 0.29) is 6.04 Å². The molecule has 24 heavy (non-hydrogen) atoms. The molecule has 0 aliphatic carbocycles. The minimum atomic E-state index is -3.72. The van der Waals surface area contributed by atoms with Crippen LogP contribution in [-0.4, -0.2) is 26.1 Å². The van der Waals surface area contributed by atoms with E-state index in [1.54, 1.807) is 48.5 Å². The summed E-state index contributed by atoms with van der Waals surface area (Å²) in [4.78, 5) is 0. The summed E-state index contributed by atoms with van der Waals surface area (Å²) in [7, 11) is -3.72. The van der Waals surface area contributed by atoms with Gasteiger partial charge in [-0.1, -0.05) is 44.2 Å². The average molecular weight is 349 g/mol. The summed E-state index contributed by atoms with van der Waals surface area (Å²) in [5.74, 6) is 0.